The van der Waals surface area contributed by atoms with E-state index in [-0.39, 0.29) is 16.6 Å². The Labute approximate surface area is 140 Å². The highest BCUT2D eigenvalue weighted by atomic mass is 16.1. The molecule has 0 saturated heterocycles. The zero-order valence-electron chi connectivity index (χ0n) is 15.2. The van der Waals surface area contributed by atoms with Crippen LogP contribution in [0.4, 0.5) is 0 Å². The van der Waals surface area contributed by atoms with E-state index in [1.165, 1.54) is 5.56 Å². The summed E-state index contributed by atoms with van der Waals surface area (Å²) in [6, 6.07) is 16.0. The fourth-order valence-corrected chi connectivity index (χ4v) is 2.76. The summed E-state index contributed by atoms with van der Waals surface area (Å²) in [5.74, 6) is 0.115. The van der Waals surface area contributed by atoms with Crippen LogP contribution in [0.1, 0.15) is 75.0 Å². The van der Waals surface area contributed by atoms with E-state index in [1.54, 1.807) is 0 Å². The lowest BCUT2D eigenvalue weighted by Crippen LogP contribution is -2.21. The highest BCUT2D eigenvalue weighted by molar-refractivity contribution is 6.10. The highest BCUT2D eigenvalue weighted by Gasteiger charge is 2.26. The van der Waals surface area contributed by atoms with Gasteiger partial charge >= 0.3 is 0 Å². The van der Waals surface area contributed by atoms with Crippen molar-refractivity contribution >= 4 is 5.78 Å². The van der Waals surface area contributed by atoms with Gasteiger partial charge in [0.15, 0.2) is 5.78 Å². The van der Waals surface area contributed by atoms with Crippen molar-refractivity contribution in [2.45, 2.75) is 58.8 Å². The first-order valence-corrected chi connectivity index (χ1v) is 8.41. The first-order valence-electron chi connectivity index (χ1n) is 8.41. The van der Waals surface area contributed by atoms with Crippen molar-refractivity contribution in [1.29, 1.82) is 0 Å². The summed E-state index contributed by atoms with van der Waals surface area (Å²) in [7, 11) is 0. The molecule has 0 N–H and O–H groups in total. The molecule has 2 aromatic carbocycles. The quantitative estimate of drug-likeness (QED) is 0.642. The molecule has 0 amide bonds. The molecule has 23 heavy (non-hydrogen) atoms. The van der Waals surface area contributed by atoms with Gasteiger partial charge in [-0.15, -0.1) is 0 Å². The van der Waals surface area contributed by atoms with Crippen LogP contribution in [0, 0.1) is 0 Å². The van der Waals surface area contributed by atoms with Crippen LogP contribution in [0.5, 0.6) is 0 Å². The van der Waals surface area contributed by atoms with E-state index in [9.17, 15) is 4.79 Å². The molecule has 0 heterocycles. The number of benzene rings is 2. The van der Waals surface area contributed by atoms with Gasteiger partial charge in [0.2, 0.25) is 0 Å². The van der Waals surface area contributed by atoms with Gasteiger partial charge in [-0.05, 0) is 34.4 Å². The molecule has 0 aliphatic rings. The molecule has 122 valence electrons. The SMILES string of the molecule is CCC(C)(C)c1ccc(C(C)(C)C)c(C(=O)c2ccccc2)c1. The minimum Gasteiger partial charge on any atom is -0.289 e. The van der Waals surface area contributed by atoms with Crippen molar-refractivity contribution in [1.82, 2.24) is 0 Å². The molecule has 0 aliphatic heterocycles. The lowest BCUT2D eigenvalue weighted by molar-refractivity contribution is 0.103. The normalized spacial score (nSPS) is 12.3. The molecule has 0 fully saturated rings. The number of hydrogen-bond donors (Lipinski definition) is 0. The Morgan fingerprint density at radius 3 is 2.04 bits per heavy atom. The number of hydrogen-bond acceptors (Lipinski definition) is 1. The van der Waals surface area contributed by atoms with Gasteiger partial charge < -0.3 is 0 Å². The minimum absolute atomic E-state index is 0.0609. The largest absolute Gasteiger partial charge is 0.289 e. The van der Waals surface area contributed by atoms with Crippen LogP contribution >= 0.6 is 0 Å². The second-order valence-electron chi connectivity index (χ2n) is 7.94. The third-order valence-corrected chi connectivity index (χ3v) is 4.77. The van der Waals surface area contributed by atoms with Crippen LogP contribution in [-0.2, 0) is 10.8 Å². The Morgan fingerprint density at radius 2 is 1.52 bits per heavy atom. The maximum atomic E-state index is 13.1. The molecule has 2 aromatic rings. The summed E-state index contributed by atoms with van der Waals surface area (Å²) >= 11 is 0. The summed E-state index contributed by atoms with van der Waals surface area (Å²) < 4.78 is 0. The Bertz CT molecular complexity index is 688. The molecular formula is C22H28O. The molecule has 0 atom stereocenters. The van der Waals surface area contributed by atoms with Crippen molar-refractivity contribution in [2.24, 2.45) is 0 Å². The second kappa shape index (κ2) is 6.31. The van der Waals surface area contributed by atoms with E-state index >= 15 is 0 Å². The summed E-state index contributed by atoms with van der Waals surface area (Å²) in [5.41, 5.74) is 3.94. The summed E-state index contributed by atoms with van der Waals surface area (Å²) in [6.45, 7) is 13.1. The summed E-state index contributed by atoms with van der Waals surface area (Å²) in [4.78, 5) is 13.1. The first kappa shape index (κ1) is 17.5. The van der Waals surface area contributed by atoms with Crippen molar-refractivity contribution in [3.8, 4) is 0 Å². The van der Waals surface area contributed by atoms with E-state index in [0.717, 1.165) is 23.1 Å². The minimum atomic E-state index is -0.0609. The molecule has 0 spiro atoms. The Kier molecular flexibility index (Phi) is 4.79. The van der Waals surface area contributed by atoms with Gasteiger partial charge in [-0.3, -0.25) is 4.79 Å². The van der Waals surface area contributed by atoms with Crippen LogP contribution < -0.4 is 0 Å². The van der Waals surface area contributed by atoms with E-state index in [2.05, 4.69) is 59.7 Å². The maximum absolute atomic E-state index is 13.1. The standard InChI is InChI=1S/C22H28O/c1-7-22(5,6)17-13-14-19(21(2,3)4)18(15-17)20(23)16-11-9-8-10-12-16/h8-15H,7H2,1-6H3. The molecule has 0 aliphatic carbocycles. The predicted molar refractivity (Wildman–Crippen MR) is 98.3 cm³/mol. The van der Waals surface area contributed by atoms with Crippen LogP contribution in [0.25, 0.3) is 0 Å². The number of carbonyl (C=O) groups is 1. The molecule has 0 radical (unpaired) electrons. The zero-order valence-corrected chi connectivity index (χ0v) is 15.2. The highest BCUT2D eigenvalue weighted by Crippen LogP contribution is 2.33. The molecule has 0 saturated carbocycles. The van der Waals surface area contributed by atoms with Crippen LogP contribution in [0.3, 0.4) is 0 Å². The zero-order chi connectivity index (χ0) is 17.3. The average Bonchev–Trinajstić information content (AvgIpc) is 2.53. The Hall–Kier alpha value is -1.89. The smallest absolute Gasteiger partial charge is 0.193 e. The van der Waals surface area contributed by atoms with Gasteiger partial charge in [0, 0.05) is 11.1 Å². The predicted octanol–water partition coefficient (Wildman–Crippen LogP) is 5.90. The second-order valence-corrected chi connectivity index (χ2v) is 7.94. The van der Waals surface area contributed by atoms with Gasteiger partial charge in [-0.2, -0.15) is 0 Å². The molecule has 0 aromatic heterocycles. The van der Waals surface area contributed by atoms with E-state index < -0.39 is 0 Å². The number of rotatable bonds is 4. The summed E-state index contributed by atoms with van der Waals surface area (Å²) in [5, 5.41) is 0. The fourth-order valence-electron chi connectivity index (χ4n) is 2.76. The lowest BCUT2D eigenvalue weighted by Gasteiger charge is -2.28. The first-order chi connectivity index (χ1) is 10.7. The Morgan fingerprint density at radius 1 is 0.913 bits per heavy atom. The third-order valence-electron chi connectivity index (χ3n) is 4.77. The molecule has 1 nitrogen and oxygen atoms in total. The van der Waals surface area contributed by atoms with Gasteiger partial charge in [-0.25, -0.2) is 0 Å². The number of carbonyl (C=O) groups excluding carboxylic acids is 1. The van der Waals surface area contributed by atoms with Gasteiger partial charge in [0.25, 0.3) is 0 Å². The summed E-state index contributed by atoms with van der Waals surface area (Å²) in [6.07, 6.45) is 1.04. The van der Waals surface area contributed by atoms with Crippen LogP contribution in [0.15, 0.2) is 48.5 Å². The van der Waals surface area contributed by atoms with Gasteiger partial charge in [0.05, 0.1) is 0 Å². The molecular weight excluding hydrogens is 280 g/mol. The van der Waals surface area contributed by atoms with Gasteiger partial charge in [-0.1, -0.05) is 84.0 Å². The van der Waals surface area contributed by atoms with E-state index in [4.69, 9.17) is 0 Å². The molecule has 2 rings (SSSR count). The molecule has 1 heteroatoms. The maximum Gasteiger partial charge on any atom is 0.193 e. The molecule has 0 bridgehead atoms. The van der Waals surface area contributed by atoms with Crippen LogP contribution in [-0.4, -0.2) is 5.78 Å². The van der Waals surface area contributed by atoms with Crippen molar-refractivity contribution in [3.63, 3.8) is 0 Å². The van der Waals surface area contributed by atoms with Crippen molar-refractivity contribution < 1.29 is 4.79 Å². The van der Waals surface area contributed by atoms with Crippen LogP contribution in [0.2, 0.25) is 0 Å². The number of ketones is 1. The van der Waals surface area contributed by atoms with Crippen molar-refractivity contribution in [2.75, 3.05) is 0 Å². The third kappa shape index (κ3) is 3.72. The van der Waals surface area contributed by atoms with Gasteiger partial charge in [0.1, 0.15) is 0 Å². The fraction of sp³-hybridized carbons (Fsp3) is 0.409. The van der Waals surface area contributed by atoms with Crippen molar-refractivity contribution in [3.05, 3.63) is 70.8 Å². The molecule has 0 unspecified atom stereocenters. The Balaban J connectivity index is 2.63. The van der Waals surface area contributed by atoms with E-state index in [0.29, 0.717) is 0 Å². The van der Waals surface area contributed by atoms with E-state index in [1.807, 2.05) is 30.3 Å². The topological polar surface area (TPSA) is 17.1 Å². The monoisotopic (exact) mass is 308 g/mol. The average molecular weight is 308 g/mol. The lowest BCUT2D eigenvalue weighted by atomic mass is 9.76.